The first-order valence-corrected chi connectivity index (χ1v) is 5.87. The maximum Gasteiger partial charge on any atom is 0.347 e. The summed E-state index contributed by atoms with van der Waals surface area (Å²) in [7, 11) is 0. The largest absolute Gasteiger partial charge is 0.477 e. The first kappa shape index (κ1) is 12.0. The van der Waals surface area contributed by atoms with Gasteiger partial charge >= 0.3 is 5.97 Å². The van der Waals surface area contributed by atoms with Gasteiger partial charge in [-0.15, -0.1) is 0 Å². The first-order valence-electron chi connectivity index (χ1n) is 5.05. The number of hydrogen-bond donors (Lipinski definition) is 1. The monoisotopic (exact) mass is 228 g/mol. The molecule has 0 aliphatic carbocycles. The van der Waals surface area contributed by atoms with E-state index in [0.29, 0.717) is 10.6 Å². The van der Waals surface area contributed by atoms with Gasteiger partial charge in [0, 0.05) is 13.1 Å². The lowest BCUT2D eigenvalue weighted by Gasteiger charge is -2.18. The van der Waals surface area contributed by atoms with Gasteiger partial charge in [0.1, 0.15) is 4.88 Å². The minimum Gasteiger partial charge on any atom is -0.477 e. The van der Waals surface area contributed by atoms with E-state index < -0.39 is 5.97 Å². The highest BCUT2D eigenvalue weighted by Crippen LogP contribution is 2.25. The molecule has 4 nitrogen and oxygen atoms in total. The first-order chi connectivity index (χ1) is 7.10. The Bertz CT molecular complexity index is 349. The third kappa shape index (κ3) is 2.68. The van der Waals surface area contributed by atoms with E-state index in [4.69, 9.17) is 5.11 Å². The molecule has 0 aliphatic heterocycles. The van der Waals surface area contributed by atoms with E-state index in [-0.39, 0.29) is 0 Å². The van der Waals surface area contributed by atoms with E-state index in [1.54, 1.807) is 6.92 Å². The molecule has 0 aromatic carbocycles. The molecule has 1 N–H and O–H groups in total. The van der Waals surface area contributed by atoms with Crippen molar-refractivity contribution in [3.63, 3.8) is 0 Å². The number of carbonyl (C=O) groups is 1. The summed E-state index contributed by atoms with van der Waals surface area (Å²) in [5, 5.41) is 9.73. The van der Waals surface area contributed by atoms with Gasteiger partial charge in [-0.1, -0.05) is 18.3 Å². The topological polar surface area (TPSA) is 53.4 Å². The van der Waals surface area contributed by atoms with Crippen molar-refractivity contribution in [3.8, 4) is 0 Å². The number of aryl methyl sites for hydroxylation is 1. The van der Waals surface area contributed by atoms with Crippen molar-refractivity contribution in [2.75, 3.05) is 18.0 Å². The Morgan fingerprint density at radius 3 is 2.60 bits per heavy atom. The quantitative estimate of drug-likeness (QED) is 0.840. The summed E-state index contributed by atoms with van der Waals surface area (Å²) in [6.45, 7) is 7.67. The zero-order valence-electron chi connectivity index (χ0n) is 9.28. The lowest BCUT2D eigenvalue weighted by atomic mass is 10.4. The van der Waals surface area contributed by atoms with Gasteiger partial charge in [0.25, 0.3) is 0 Å². The summed E-state index contributed by atoms with van der Waals surface area (Å²) in [5.41, 5.74) is 0.608. The fourth-order valence-corrected chi connectivity index (χ4v) is 2.37. The SMILES string of the molecule is CCCN(CC)c1nc(C)c(C(=O)O)s1. The number of aromatic carboxylic acids is 1. The summed E-state index contributed by atoms with van der Waals surface area (Å²) >= 11 is 1.26. The molecule has 0 fully saturated rings. The molecule has 1 aromatic rings. The molecule has 0 saturated heterocycles. The number of nitrogens with zero attached hydrogens (tertiary/aromatic N) is 2. The molecular weight excluding hydrogens is 212 g/mol. The van der Waals surface area contributed by atoms with Crippen molar-refractivity contribution in [1.82, 2.24) is 4.98 Å². The Morgan fingerprint density at radius 1 is 1.53 bits per heavy atom. The highest BCUT2D eigenvalue weighted by molar-refractivity contribution is 7.17. The van der Waals surface area contributed by atoms with Gasteiger partial charge in [-0.25, -0.2) is 9.78 Å². The van der Waals surface area contributed by atoms with E-state index in [0.717, 1.165) is 24.6 Å². The van der Waals surface area contributed by atoms with Crippen molar-refractivity contribution < 1.29 is 9.90 Å². The number of aromatic nitrogens is 1. The molecule has 0 aliphatic rings. The lowest BCUT2D eigenvalue weighted by molar-refractivity contribution is 0.0701. The molecule has 0 bridgehead atoms. The fraction of sp³-hybridized carbons (Fsp3) is 0.600. The Morgan fingerprint density at radius 2 is 2.20 bits per heavy atom. The fourth-order valence-electron chi connectivity index (χ4n) is 1.37. The third-order valence-corrected chi connectivity index (χ3v) is 3.33. The number of thiazole rings is 1. The zero-order valence-corrected chi connectivity index (χ0v) is 10.1. The van der Waals surface area contributed by atoms with Gasteiger partial charge in [0.2, 0.25) is 0 Å². The minimum absolute atomic E-state index is 0.347. The number of anilines is 1. The number of rotatable bonds is 5. The molecule has 0 amide bonds. The highest BCUT2D eigenvalue weighted by atomic mass is 32.1. The predicted molar refractivity (Wildman–Crippen MR) is 62.0 cm³/mol. The average Bonchev–Trinajstić information content (AvgIpc) is 2.56. The van der Waals surface area contributed by atoms with Crippen LogP contribution in [0.4, 0.5) is 5.13 Å². The molecule has 84 valence electrons. The maximum absolute atomic E-state index is 10.9. The molecular formula is C10H16N2O2S. The summed E-state index contributed by atoms with van der Waals surface area (Å²) in [4.78, 5) is 17.6. The molecule has 1 heterocycles. The minimum atomic E-state index is -0.885. The van der Waals surface area contributed by atoms with Crippen LogP contribution in [0.1, 0.15) is 35.6 Å². The Balaban J connectivity index is 2.94. The van der Waals surface area contributed by atoms with Crippen LogP contribution in [-0.2, 0) is 0 Å². The summed E-state index contributed by atoms with van der Waals surface area (Å²) in [6.07, 6.45) is 1.04. The predicted octanol–water partition coefficient (Wildman–Crippen LogP) is 2.39. The van der Waals surface area contributed by atoms with Crippen LogP contribution in [0.2, 0.25) is 0 Å². The van der Waals surface area contributed by atoms with Crippen molar-refractivity contribution in [2.45, 2.75) is 27.2 Å². The van der Waals surface area contributed by atoms with Crippen LogP contribution in [0, 0.1) is 6.92 Å². The van der Waals surface area contributed by atoms with Crippen molar-refractivity contribution in [1.29, 1.82) is 0 Å². The smallest absolute Gasteiger partial charge is 0.347 e. The highest BCUT2D eigenvalue weighted by Gasteiger charge is 2.16. The second kappa shape index (κ2) is 5.11. The van der Waals surface area contributed by atoms with E-state index in [1.807, 2.05) is 6.92 Å². The summed E-state index contributed by atoms with van der Waals surface area (Å²) < 4.78 is 0. The van der Waals surface area contributed by atoms with Crippen LogP contribution in [0.15, 0.2) is 0 Å². The number of carboxylic acid groups (broad SMARTS) is 1. The van der Waals surface area contributed by atoms with Crippen molar-refractivity contribution in [2.24, 2.45) is 0 Å². The van der Waals surface area contributed by atoms with Crippen LogP contribution < -0.4 is 4.90 Å². The average molecular weight is 228 g/mol. The second-order valence-corrected chi connectivity index (χ2v) is 4.27. The van der Waals surface area contributed by atoms with Crippen LogP contribution >= 0.6 is 11.3 Å². The Labute approximate surface area is 93.6 Å². The van der Waals surface area contributed by atoms with E-state index in [9.17, 15) is 4.79 Å². The standard InChI is InChI=1S/C10H16N2O2S/c1-4-6-12(5-2)10-11-7(3)8(15-10)9(13)14/h4-6H2,1-3H3,(H,13,14). The molecule has 1 aromatic heterocycles. The van der Waals surface area contributed by atoms with Crippen LogP contribution in [0.25, 0.3) is 0 Å². The molecule has 0 atom stereocenters. The van der Waals surface area contributed by atoms with Crippen molar-refractivity contribution >= 4 is 22.4 Å². The maximum atomic E-state index is 10.9. The lowest BCUT2D eigenvalue weighted by Crippen LogP contribution is -2.23. The molecule has 0 spiro atoms. The molecule has 15 heavy (non-hydrogen) atoms. The Hall–Kier alpha value is -1.10. The van der Waals surface area contributed by atoms with Crippen LogP contribution in [-0.4, -0.2) is 29.1 Å². The molecule has 0 radical (unpaired) electrons. The molecule has 1 rings (SSSR count). The zero-order chi connectivity index (χ0) is 11.4. The molecule has 0 saturated carbocycles. The summed E-state index contributed by atoms with van der Waals surface area (Å²) in [5.74, 6) is -0.885. The van der Waals surface area contributed by atoms with Crippen molar-refractivity contribution in [3.05, 3.63) is 10.6 Å². The van der Waals surface area contributed by atoms with E-state index in [2.05, 4.69) is 16.8 Å². The molecule has 5 heteroatoms. The second-order valence-electron chi connectivity index (χ2n) is 3.30. The van der Waals surface area contributed by atoms with E-state index in [1.165, 1.54) is 11.3 Å². The van der Waals surface area contributed by atoms with E-state index >= 15 is 0 Å². The third-order valence-electron chi connectivity index (χ3n) is 2.13. The van der Waals surface area contributed by atoms with Gasteiger partial charge in [-0.05, 0) is 20.3 Å². The number of hydrogen-bond acceptors (Lipinski definition) is 4. The van der Waals surface area contributed by atoms with Gasteiger partial charge in [0.05, 0.1) is 5.69 Å². The van der Waals surface area contributed by atoms with Gasteiger partial charge in [-0.3, -0.25) is 0 Å². The van der Waals surface area contributed by atoms with Crippen LogP contribution in [0.3, 0.4) is 0 Å². The normalized spacial score (nSPS) is 10.3. The molecule has 0 unspecified atom stereocenters. The number of carboxylic acids is 1. The van der Waals surface area contributed by atoms with Gasteiger partial charge in [-0.2, -0.15) is 0 Å². The van der Waals surface area contributed by atoms with Crippen LogP contribution in [0.5, 0.6) is 0 Å². The van der Waals surface area contributed by atoms with Gasteiger partial charge < -0.3 is 10.0 Å². The van der Waals surface area contributed by atoms with Gasteiger partial charge in [0.15, 0.2) is 5.13 Å². The Kier molecular flexibility index (Phi) is 4.08. The summed E-state index contributed by atoms with van der Waals surface area (Å²) in [6, 6.07) is 0.